The molecule has 2 unspecified atom stereocenters. The maximum Gasteiger partial charge on any atom is 0.0942 e. The van der Waals surface area contributed by atoms with E-state index in [4.69, 9.17) is 0 Å². The molecule has 0 saturated carbocycles. The van der Waals surface area contributed by atoms with Crippen LogP contribution in [-0.2, 0) is 0 Å². The normalized spacial score (nSPS) is 24.5. The molecule has 0 radical (unpaired) electrons. The van der Waals surface area contributed by atoms with E-state index in [0.717, 1.165) is 18.5 Å². The first-order valence-electron chi connectivity index (χ1n) is 5.34. The van der Waals surface area contributed by atoms with E-state index < -0.39 is 0 Å². The Kier molecular flexibility index (Phi) is 3.17. The van der Waals surface area contributed by atoms with Crippen LogP contribution in [0.3, 0.4) is 0 Å². The molecule has 0 aromatic heterocycles. The first-order chi connectivity index (χ1) is 6.88. The molecule has 1 aromatic carbocycles. The van der Waals surface area contributed by atoms with Crippen LogP contribution in [0.15, 0.2) is 30.3 Å². The highest BCUT2D eigenvalue weighted by atomic mass is 16.3. The van der Waals surface area contributed by atoms with E-state index in [1.54, 1.807) is 0 Å². The molecule has 1 saturated heterocycles. The second-order valence-electron chi connectivity index (χ2n) is 3.91. The zero-order chi connectivity index (χ0) is 9.80. The maximum atomic E-state index is 10.1. The maximum absolute atomic E-state index is 10.1. The summed E-state index contributed by atoms with van der Waals surface area (Å²) in [7, 11) is 0. The van der Waals surface area contributed by atoms with Gasteiger partial charge in [-0.2, -0.15) is 0 Å². The summed E-state index contributed by atoms with van der Waals surface area (Å²) in [5.74, 6) is 0. The fourth-order valence-electron chi connectivity index (χ4n) is 2.03. The summed E-state index contributed by atoms with van der Waals surface area (Å²) in [6, 6.07) is 10.1. The summed E-state index contributed by atoms with van der Waals surface area (Å²) in [4.78, 5) is 0. The van der Waals surface area contributed by atoms with Gasteiger partial charge in [0.25, 0.3) is 0 Å². The molecule has 2 heteroatoms. The molecule has 76 valence electrons. The monoisotopic (exact) mass is 191 g/mol. The second kappa shape index (κ2) is 4.58. The number of benzene rings is 1. The summed E-state index contributed by atoms with van der Waals surface area (Å²) < 4.78 is 0. The molecule has 1 aliphatic heterocycles. The summed E-state index contributed by atoms with van der Waals surface area (Å²) in [5, 5.41) is 13.5. The number of hydrogen-bond acceptors (Lipinski definition) is 2. The Morgan fingerprint density at radius 1 is 1.21 bits per heavy atom. The van der Waals surface area contributed by atoms with Gasteiger partial charge >= 0.3 is 0 Å². The summed E-state index contributed by atoms with van der Waals surface area (Å²) in [6.45, 7) is 1.04. The number of hydrogen-bond donors (Lipinski definition) is 2. The van der Waals surface area contributed by atoms with Gasteiger partial charge in [0.1, 0.15) is 0 Å². The molecule has 1 fully saturated rings. The minimum Gasteiger partial charge on any atom is -0.387 e. The Balaban J connectivity index is 2.03. The third-order valence-electron chi connectivity index (χ3n) is 2.87. The number of rotatable bonds is 2. The van der Waals surface area contributed by atoms with Gasteiger partial charge in [-0.3, -0.25) is 0 Å². The minimum atomic E-state index is -0.350. The molecule has 1 heterocycles. The highest BCUT2D eigenvalue weighted by molar-refractivity contribution is 5.18. The number of piperidine rings is 1. The third-order valence-corrected chi connectivity index (χ3v) is 2.87. The number of aliphatic hydroxyl groups is 1. The fourth-order valence-corrected chi connectivity index (χ4v) is 2.03. The second-order valence-corrected chi connectivity index (χ2v) is 3.91. The van der Waals surface area contributed by atoms with E-state index in [1.807, 2.05) is 30.3 Å². The van der Waals surface area contributed by atoms with Crippen molar-refractivity contribution in [1.82, 2.24) is 5.32 Å². The molecule has 2 rings (SSSR count). The lowest BCUT2D eigenvalue weighted by Crippen LogP contribution is -2.38. The van der Waals surface area contributed by atoms with Crippen molar-refractivity contribution in [2.45, 2.75) is 31.4 Å². The predicted molar refractivity (Wildman–Crippen MR) is 57.0 cm³/mol. The van der Waals surface area contributed by atoms with Crippen LogP contribution in [0.5, 0.6) is 0 Å². The van der Waals surface area contributed by atoms with E-state index in [2.05, 4.69) is 5.32 Å². The molecule has 14 heavy (non-hydrogen) atoms. The molecular weight excluding hydrogens is 174 g/mol. The van der Waals surface area contributed by atoms with Gasteiger partial charge in [-0.25, -0.2) is 0 Å². The SMILES string of the molecule is OC(c1ccccc1)C1CCCCN1. The molecule has 0 spiro atoms. The van der Waals surface area contributed by atoms with Crippen molar-refractivity contribution in [3.63, 3.8) is 0 Å². The fraction of sp³-hybridized carbons (Fsp3) is 0.500. The van der Waals surface area contributed by atoms with E-state index in [-0.39, 0.29) is 12.1 Å². The van der Waals surface area contributed by atoms with Crippen LogP contribution in [0.4, 0.5) is 0 Å². The van der Waals surface area contributed by atoms with Gasteiger partial charge in [-0.15, -0.1) is 0 Å². The van der Waals surface area contributed by atoms with Gasteiger partial charge in [0.2, 0.25) is 0 Å². The van der Waals surface area contributed by atoms with Crippen LogP contribution in [0, 0.1) is 0 Å². The predicted octanol–water partition coefficient (Wildman–Crippen LogP) is 1.86. The Morgan fingerprint density at radius 2 is 2.00 bits per heavy atom. The molecule has 1 aliphatic rings. The van der Waals surface area contributed by atoms with Crippen molar-refractivity contribution >= 4 is 0 Å². The van der Waals surface area contributed by atoms with Crippen molar-refractivity contribution in [2.24, 2.45) is 0 Å². The Hall–Kier alpha value is -0.860. The molecule has 1 aromatic rings. The summed E-state index contributed by atoms with van der Waals surface area (Å²) in [5.41, 5.74) is 1.02. The van der Waals surface area contributed by atoms with Crippen LogP contribution >= 0.6 is 0 Å². The molecule has 2 nitrogen and oxygen atoms in total. The highest BCUT2D eigenvalue weighted by Crippen LogP contribution is 2.22. The summed E-state index contributed by atoms with van der Waals surface area (Å²) in [6.07, 6.45) is 3.19. The van der Waals surface area contributed by atoms with E-state index in [0.29, 0.717) is 0 Å². The van der Waals surface area contributed by atoms with Crippen LogP contribution in [0.1, 0.15) is 30.9 Å². The largest absolute Gasteiger partial charge is 0.387 e. The molecule has 0 bridgehead atoms. The quantitative estimate of drug-likeness (QED) is 0.748. The van der Waals surface area contributed by atoms with Crippen molar-refractivity contribution in [2.75, 3.05) is 6.54 Å². The average Bonchev–Trinajstić information content (AvgIpc) is 2.30. The minimum absolute atomic E-state index is 0.242. The lowest BCUT2D eigenvalue weighted by molar-refractivity contribution is 0.114. The first kappa shape index (κ1) is 9.69. The van der Waals surface area contributed by atoms with Crippen LogP contribution < -0.4 is 5.32 Å². The zero-order valence-electron chi connectivity index (χ0n) is 8.32. The Morgan fingerprint density at radius 3 is 2.64 bits per heavy atom. The van der Waals surface area contributed by atoms with Crippen molar-refractivity contribution in [1.29, 1.82) is 0 Å². The molecule has 0 aliphatic carbocycles. The first-order valence-corrected chi connectivity index (χ1v) is 5.34. The Bertz CT molecular complexity index is 267. The van der Waals surface area contributed by atoms with Crippen LogP contribution in [-0.4, -0.2) is 17.7 Å². The van der Waals surface area contributed by atoms with Gasteiger partial charge < -0.3 is 10.4 Å². The highest BCUT2D eigenvalue weighted by Gasteiger charge is 2.21. The molecular formula is C12H17NO. The van der Waals surface area contributed by atoms with E-state index in [9.17, 15) is 5.11 Å². The Labute approximate surface area is 85.0 Å². The van der Waals surface area contributed by atoms with E-state index in [1.165, 1.54) is 12.8 Å². The topological polar surface area (TPSA) is 32.3 Å². The standard InChI is InChI=1S/C12H17NO/c14-12(10-6-2-1-3-7-10)11-8-4-5-9-13-11/h1-3,6-7,11-14H,4-5,8-9H2. The van der Waals surface area contributed by atoms with Crippen molar-refractivity contribution in [3.05, 3.63) is 35.9 Å². The summed E-state index contributed by atoms with van der Waals surface area (Å²) >= 11 is 0. The zero-order valence-corrected chi connectivity index (χ0v) is 8.32. The lowest BCUT2D eigenvalue weighted by atomic mass is 9.95. The molecule has 2 atom stereocenters. The lowest BCUT2D eigenvalue weighted by Gasteiger charge is -2.28. The van der Waals surface area contributed by atoms with Crippen LogP contribution in [0.2, 0.25) is 0 Å². The van der Waals surface area contributed by atoms with Crippen molar-refractivity contribution in [3.8, 4) is 0 Å². The van der Waals surface area contributed by atoms with Gasteiger partial charge in [0.05, 0.1) is 6.10 Å². The van der Waals surface area contributed by atoms with E-state index >= 15 is 0 Å². The average molecular weight is 191 g/mol. The number of nitrogens with one attached hydrogen (secondary N) is 1. The van der Waals surface area contributed by atoms with Gasteiger partial charge in [0, 0.05) is 6.04 Å². The smallest absolute Gasteiger partial charge is 0.0942 e. The van der Waals surface area contributed by atoms with Gasteiger partial charge in [-0.05, 0) is 24.9 Å². The molecule has 2 N–H and O–H groups in total. The van der Waals surface area contributed by atoms with Gasteiger partial charge in [-0.1, -0.05) is 36.8 Å². The van der Waals surface area contributed by atoms with Crippen LogP contribution in [0.25, 0.3) is 0 Å². The molecule has 0 amide bonds. The van der Waals surface area contributed by atoms with Crippen molar-refractivity contribution < 1.29 is 5.11 Å². The number of aliphatic hydroxyl groups excluding tert-OH is 1. The third kappa shape index (κ3) is 2.14. The van der Waals surface area contributed by atoms with Gasteiger partial charge in [0.15, 0.2) is 0 Å².